The molecule has 1 aromatic heterocycles. The van der Waals surface area contributed by atoms with Crippen LogP contribution in [-0.4, -0.2) is 15.6 Å². The maximum Gasteiger partial charge on any atom is 0.292 e. The van der Waals surface area contributed by atoms with Crippen LogP contribution in [0.4, 0.5) is 5.69 Å². The summed E-state index contributed by atoms with van der Waals surface area (Å²) in [5, 5.41) is 0.669. The second-order valence-electron chi connectivity index (χ2n) is 5.23. The zero-order valence-electron chi connectivity index (χ0n) is 12.9. The first-order valence-corrected chi connectivity index (χ1v) is 7.57. The normalized spacial score (nSPS) is 11.3. The minimum Gasteiger partial charge on any atom is -0.283 e. The first-order chi connectivity index (χ1) is 11.1. The van der Waals surface area contributed by atoms with Crippen LogP contribution in [0, 0.1) is 0 Å². The smallest absolute Gasteiger partial charge is 0.283 e. The molecule has 0 amide bonds. The summed E-state index contributed by atoms with van der Waals surface area (Å²) in [7, 11) is 3.58. The predicted octanol–water partition coefficient (Wildman–Crippen LogP) is 3.79. The second-order valence-corrected chi connectivity index (χ2v) is 5.66. The number of hydrogen-bond acceptors (Lipinski definition) is 2. The molecular weight excluding hydrogens is 310 g/mol. The molecule has 0 N–H and O–H groups in total. The Morgan fingerprint density at radius 3 is 2.26 bits per heavy atom. The van der Waals surface area contributed by atoms with Crippen molar-refractivity contribution in [3.05, 3.63) is 75.5 Å². The van der Waals surface area contributed by atoms with Crippen molar-refractivity contribution in [2.24, 2.45) is 19.1 Å². The monoisotopic (exact) mass is 325 g/mol. The zero-order valence-corrected chi connectivity index (χ0v) is 13.7. The average molecular weight is 326 g/mol. The van der Waals surface area contributed by atoms with E-state index in [1.165, 1.54) is 0 Å². The van der Waals surface area contributed by atoms with Gasteiger partial charge < -0.3 is 0 Å². The SMILES string of the molecule is Cn1c(-c2ccccc2)c(N=Cc2ccc(Cl)cc2)c(=O)n1C. The van der Waals surface area contributed by atoms with Crippen molar-refractivity contribution >= 4 is 23.5 Å². The van der Waals surface area contributed by atoms with Gasteiger partial charge in [0.25, 0.3) is 5.56 Å². The maximum atomic E-state index is 12.5. The van der Waals surface area contributed by atoms with Gasteiger partial charge in [0.2, 0.25) is 0 Å². The molecule has 5 heteroatoms. The van der Waals surface area contributed by atoms with Crippen LogP contribution in [-0.2, 0) is 14.1 Å². The standard InChI is InChI=1S/C18H16ClN3O/c1-21-17(14-6-4-3-5-7-14)16(18(23)22(21)2)20-12-13-8-10-15(19)11-9-13/h3-12H,1-2H3. The predicted molar refractivity (Wildman–Crippen MR) is 94.8 cm³/mol. The summed E-state index contributed by atoms with van der Waals surface area (Å²) >= 11 is 5.88. The summed E-state index contributed by atoms with van der Waals surface area (Å²) in [5.41, 5.74) is 2.94. The Hall–Kier alpha value is -2.59. The molecule has 0 saturated heterocycles. The largest absolute Gasteiger partial charge is 0.292 e. The lowest BCUT2D eigenvalue weighted by Crippen LogP contribution is -2.16. The molecule has 0 radical (unpaired) electrons. The summed E-state index contributed by atoms with van der Waals surface area (Å²) in [6, 6.07) is 17.1. The molecule has 0 saturated carbocycles. The molecule has 0 aliphatic heterocycles. The van der Waals surface area contributed by atoms with Gasteiger partial charge in [0.1, 0.15) is 0 Å². The molecule has 4 nitrogen and oxygen atoms in total. The van der Waals surface area contributed by atoms with Crippen LogP contribution in [0.15, 0.2) is 64.4 Å². The lowest BCUT2D eigenvalue weighted by molar-refractivity contribution is 0.584. The third-order valence-electron chi connectivity index (χ3n) is 3.75. The first kappa shape index (κ1) is 15.3. The van der Waals surface area contributed by atoms with Gasteiger partial charge in [-0.05, 0) is 17.7 Å². The van der Waals surface area contributed by atoms with Crippen molar-refractivity contribution < 1.29 is 0 Å². The lowest BCUT2D eigenvalue weighted by Gasteiger charge is -2.05. The van der Waals surface area contributed by atoms with Crippen molar-refractivity contribution in [1.29, 1.82) is 0 Å². The van der Waals surface area contributed by atoms with Crippen LogP contribution in [0.1, 0.15) is 5.56 Å². The van der Waals surface area contributed by atoms with Crippen LogP contribution in [0.25, 0.3) is 11.3 Å². The highest BCUT2D eigenvalue weighted by Gasteiger charge is 2.16. The van der Waals surface area contributed by atoms with Gasteiger partial charge in [-0.3, -0.25) is 14.2 Å². The van der Waals surface area contributed by atoms with Gasteiger partial charge in [-0.25, -0.2) is 4.99 Å². The fourth-order valence-electron chi connectivity index (χ4n) is 2.42. The third kappa shape index (κ3) is 2.98. The van der Waals surface area contributed by atoms with E-state index in [1.807, 2.05) is 54.2 Å². The van der Waals surface area contributed by atoms with E-state index in [2.05, 4.69) is 4.99 Å². The number of halogens is 1. The number of nitrogens with zero attached hydrogens (tertiary/aromatic N) is 3. The number of aromatic nitrogens is 2. The van der Waals surface area contributed by atoms with Gasteiger partial charge in [-0.15, -0.1) is 0 Å². The van der Waals surface area contributed by atoms with E-state index in [0.717, 1.165) is 16.8 Å². The van der Waals surface area contributed by atoms with Gasteiger partial charge in [-0.2, -0.15) is 0 Å². The summed E-state index contributed by atoms with van der Waals surface area (Å²) < 4.78 is 3.36. The van der Waals surface area contributed by atoms with Crippen molar-refractivity contribution in [3.8, 4) is 11.3 Å². The van der Waals surface area contributed by atoms with Gasteiger partial charge in [0.15, 0.2) is 5.69 Å². The maximum absolute atomic E-state index is 12.5. The van der Waals surface area contributed by atoms with E-state index in [4.69, 9.17) is 11.6 Å². The number of hydrogen-bond donors (Lipinski definition) is 0. The summed E-state index contributed by atoms with van der Waals surface area (Å²) in [6.45, 7) is 0. The highest BCUT2D eigenvalue weighted by Crippen LogP contribution is 2.27. The number of aliphatic imine (C=N–C) groups is 1. The topological polar surface area (TPSA) is 39.3 Å². The van der Waals surface area contributed by atoms with E-state index < -0.39 is 0 Å². The molecule has 23 heavy (non-hydrogen) atoms. The summed E-state index contributed by atoms with van der Waals surface area (Å²) in [4.78, 5) is 16.9. The molecule has 0 aliphatic carbocycles. The third-order valence-corrected chi connectivity index (χ3v) is 4.01. The first-order valence-electron chi connectivity index (χ1n) is 7.19. The van der Waals surface area contributed by atoms with E-state index in [9.17, 15) is 4.79 Å². The number of rotatable bonds is 3. The molecule has 116 valence electrons. The van der Waals surface area contributed by atoms with E-state index in [0.29, 0.717) is 10.7 Å². The van der Waals surface area contributed by atoms with Crippen LogP contribution in [0.3, 0.4) is 0 Å². The Balaban J connectivity index is 2.10. The van der Waals surface area contributed by atoms with E-state index in [-0.39, 0.29) is 5.56 Å². The minimum atomic E-state index is -0.128. The highest BCUT2D eigenvalue weighted by atomic mass is 35.5. The van der Waals surface area contributed by atoms with Crippen LogP contribution in [0.2, 0.25) is 5.02 Å². The molecular formula is C18H16ClN3O. The molecule has 3 rings (SSSR count). The van der Waals surface area contributed by atoms with E-state index >= 15 is 0 Å². The van der Waals surface area contributed by atoms with Crippen molar-refractivity contribution in [2.45, 2.75) is 0 Å². The molecule has 0 bridgehead atoms. The van der Waals surface area contributed by atoms with Gasteiger partial charge in [0.05, 0.1) is 5.69 Å². The quantitative estimate of drug-likeness (QED) is 0.675. The van der Waals surface area contributed by atoms with Gasteiger partial charge in [0, 0.05) is 30.9 Å². The minimum absolute atomic E-state index is 0.128. The summed E-state index contributed by atoms with van der Waals surface area (Å²) in [5.74, 6) is 0. The molecule has 1 heterocycles. The molecule has 0 aliphatic rings. The Bertz CT molecular complexity index is 906. The zero-order chi connectivity index (χ0) is 16.4. The van der Waals surface area contributed by atoms with Crippen molar-refractivity contribution in [3.63, 3.8) is 0 Å². The Labute approximate surface area is 139 Å². The average Bonchev–Trinajstić information content (AvgIpc) is 2.79. The van der Waals surface area contributed by atoms with Gasteiger partial charge >= 0.3 is 0 Å². The Kier molecular flexibility index (Phi) is 4.17. The second kappa shape index (κ2) is 6.26. The molecule has 0 atom stereocenters. The molecule has 3 aromatic rings. The number of benzene rings is 2. The fraction of sp³-hybridized carbons (Fsp3) is 0.111. The van der Waals surface area contributed by atoms with Crippen LogP contribution in [0.5, 0.6) is 0 Å². The fourth-order valence-corrected chi connectivity index (χ4v) is 2.54. The highest BCUT2D eigenvalue weighted by molar-refractivity contribution is 6.30. The van der Waals surface area contributed by atoms with Crippen LogP contribution < -0.4 is 5.56 Å². The molecule has 0 fully saturated rings. The van der Waals surface area contributed by atoms with Crippen LogP contribution >= 0.6 is 11.6 Å². The lowest BCUT2D eigenvalue weighted by atomic mass is 10.1. The van der Waals surface area contributed by atoms with Gasteiger partial charge in [-0.1, -0.05) is 54.1 Å². The molecule has 0 unspecified atom stereocenters. The summed E-state index contributed by atoms with van der Waals surface area (Å²) in [6.07, 6.45) is 1.68. The molecule has 0 spiro atoms. The Morgan fingerprint density at radius 2 is 1.61 bits per heavy atom. The van der Waals surface area contributed by atoms with Crippen molar-refractivity contribution in [2.75, 3.05) is 0 Å². The molecule has 2 aromatic carbocycles. The van der Waals surface area contributed by atoms with Crippen molar-refractivity contribution in [1.82, 2.24) is 9.36 Å². The Morgan fingerprint density at radius 1 is 0.957 bits per heavy atom. The van der Waals surface area contributed by atoms with E-state index in [1.54, 1.807) is 30.1 Å².